The highest BCUT2D eigenvalue weighted by molar-refractivity contribution is 6.07. The van der Waals surface area contributed by atoms with Crippen molar-refractivity contribution in [2.24, 2.45) is 7.05 Å². The van der Waals surface area contributed by atoms with Crippen molar-refractivity contribution in [2.45, 2.75) is 26.2 Å². The predicted octanol–water partition coefficient (Wildman–Crippen LogP) is 4.22. The van der Waals surface area contributed by atoms with Gasteiger partial charge in [-0.25, -0.2) is 0 Å². The van der Waals surface area contributed by atoms with E-state index in [0.29, 0.717) is 22.6 Å². The van der Waals surface area contributed by atoms with Gasteiger partial charge in [0, 0.05) is 29.4 Å². The fourth-order valence-corrected chi connectivity index (χ4v) is 2.70. The molecule has 0 bridgehead atoms. The van der Waals surface area contributed by atoms with Crippen molar-refractivity contribution in [3.05, 3.63) is 77.6 Å². The highest BCUT2D eigenvalue weighted by Gasteiger charge is 2.21. The SMILES string of the molecule is Cn1nc(C(C)(C)C)cc1C(=O)Nc1cccc(C(=O)Nc2ccccc2)c1. The maximum Gasteiger partial charge on any atom is 0.273 e. The molecule has 0 radical (unpaired) electrons. The normalized spacial score (nSPS) is 11.1. The number of para-hydroxylation sites is 1. The minimum Gasteiger partial charge on any atom is -0.322 e. The summed E-state index contributed by atoms with van der Waals surface area (Å²) < 4.78 is 1.57. The average molecular weight is 376 g/mol. The number of hydrogen-bond donors (Lipinski definition) is 2. The molecule has 6 heteroatoms. The van der Waals surface area contributed by atoms with Gasteiger partial charge in [0.15, 0.2) is 0 Å². The minimum atomic E-state index is -0.272. The fraction of sp³-hybridized carbons (Fsp3) is 0.227. The van der Waals surface area contributed by atoms with E-state index < -0.39 is 0 Å². The Bertz CT molecular complexity index is 1000. The number of hydrogen-bond acceptors (Lipinski definition) is 3. The number of aryl methyl sites for hydroxylation is 1. The van der Waals surface area contributed by atoms with E-state index in [1.54, 1.807) is 42.1 Å². The lowest BCUT2D eigenvalue weighted by Crippen LogP contribution is -2.17. The van der Waals surface area contributed by atoms with Gasteiger partial charge in [-0.3, -0.25) is 14.3 Å². The van der Waals surface area contributed by atoms with Crippen LogP contribution in [0.5, 0.6) is 0 Å². The summed E-state index contributed by atoms with van der Waals surface area (Å²) in [4.78, 5) is 25.1. The Morgan fingerprint density at radius 2 is 1.50 bits per heavy atom. The maximum absolute atomic E-state index is 12.7. The predicted molar refractivity (Wildman–Crippen MR) is 111 cm³/mol. The molecule has 144 valence electrons. The molecule has 2 amide bonds. The summed E-state index contributed by atoms with van der Waals surface area (Å²) in [5.74, 6) is -0.510. The lowest BCUT2D eigenvalue weighted by Gasteiger charge is -2.13. The lowest BCUT2D eigenvalue weighted by atomic mass is 9.92. The van der Waals surface area contributed by atoms with Gasteiger partial charge in [-0.15, -0.1) is 0 Å². The third-order valence-electron chi connectivity index (χ3n) is 4.30. The van der Waals surface area contributed by atoms with Crippen LogP contribution < -0.4 is 10.6 Å². The molecular formula is C22H24N4O2. The number of aromatic nitrogens is 2. The second kappa shape index (κ2) is 7.68. The summed E-state index contributed by atoms with van der Waals surface area (Å²) in [5, 5.41) is 10.1. The van der Waals surface area contributed by atoms with Gasteiger partial charge in [0.2, 0.25) is 0 Å². The van der Waals surface area contributed by atoms with Gasteiger partial charge in [-0.05, 0) is 36.4 Å². The number of benzene rings is 2. The van der Waals surface area contributed by atoms with Crippen molar-refractivity contribution >= 4 is 23.2 Å². The number of nitrogens with zero attached hydrogens (tertiary/aromatic N) is 2. The van der Waals surface area contributed by atoms with Crippen molar-refractivity contribution in [1.82, 2.24) is 9.78 Å². The second-order valence-corrected chi connectivity index (χ2v) is 7.64. The molecule has 1 heterocycles. The number of nitrogens with one attached hydrogen (secondary N) is 2. The number of anilines is 2. The molecule has 3 rings (SSSR count). The molecule has 0 fully saturated rings. The first-order valence-corrected chi connectivity index (χ1v) is 9.06. The molecule has 0 aliphatic rings. The summed E-state index contributed by atoms with van der Waals surface area (Å²) in [6, 6.07) is 17.9. The summed E-state index contributed by atoms with van der Waals surface area (Å²) in [6.07, 6.45) is 0. The molecule has 0 saturated carbocycles. The Kier molecular flexibility index (Phi) is 5.31. The van der Waals surface area contributed by atoms with E-state index >= 15 is 0 Å². The van der Waals surface area contributed by atoms with Crippen LogP contribution in [0.1, 0.15) is 47.3 Å². The lowest BCUT2D eigenvalue weighted by molar-refractivity contribution is 0.101. The monoisotopic (exact) mass is 376 g/mol. The molecule has 0 atom stereocenters. The van der Waals surface area contributed by atoms with Crippen LogP contribution in [0.3, 0.4) is 0 Å². The second-order valence-electron chi connectivity index (χ2n) is 7.64. The number of carbonyl (C=O) groups excluding carboxylic acids is 2. The largest absolute Gasteiger partial charge is 0.322 e. The van der Waals surface area contributed by atoms with Gasteiger partial charge in [0.25, 0.3) is 11.8 Å². The summed E-state index contributed by atoms with van der Waals surface area (Å²) in [7, 11) is 1.74. The van der Waals surface area contributed by atoms with Crippen molar-refractivity contribution in [3.8, 4) is 0 Å². The van der Waals surface area contributed by atoms with Gasteiger partial charge in [-0.1, -0.05) is 45.0 Å². The van der Waals surface area contributed by atoms with Gasteiger partial charge in [0.05, 0.1) is 5.69 Å². The van der Waals surface area contributed by atoms with Crippen LogP contribution in [0.2, 0.25) is 0 Å². The van der Waals surface area contributed by atoms with E-state index in [2.05, 4.69) is 15.7 Å². The smallest absolute Gasteiger partial charge is 0.273 e. The molecule has 28 heavy (non-hydrogen) atoms. The van der Waals surface area contributed by atoms with E-state index in [9.17, 15) is 9.59 Å². The van der Waals surface area contributed by atoms with Crippen LogP contribution in [0.4, 0.5) is 11.4 Å². The molecule has 6 nitrogen and oxygen atoms in total. The van der Waals surface area contributed by atoms with Gasteiger partial charge >= 0.3 is 0 Å². The van der Waals surface area contributed by atoms with E-state index in [0.717, 1.165) is 5.69 Å². The van der Waals surface area contributed by atoms with Crippen molar-refractivity contribution in [3.63, 3.8) is 0 Å². The topological polar surface area (TPSA) is 76.0 Å². The van der Waals surface area contributed by atoms with E-state index in [4.69, 9.17) is 0 Å². The average Bonchev–Trinajstić information content (AvgIpc) is 3.05. The highest BCUT2D eigenvalue weighted by Crippen LogP contribution is 2.22. The zero-order valence-corrected chi connectivity index (χ0v) is 16.5. The quantitative estimate of drug-likeness (QED) is 0.716. The van der Waals surface area contributed by atoms with Crippen molar-refractivity contribution in [2.75, 3.05) is 10.6 Å². The summed E-state index contributed by atoms with van der Waals surface area (Å²) in [6.45, 7) is 6.14. The van der Waals surface area contributed by atoms with Crippen LogP contribution in [0.15, 0.2) is 60.7 Å². The van der Waals surface area contributed by atoms with Crippen LogP contribution in [0, 0.1) is 0 Å². The fourth-order valence-electron chi connectivity index (χ4n) is 2.70. The molecule has 2 N–H and O–H groups in total. The van der Waals surface area contributed by atoms with Crippen molar-refractivity contribution in [1.29, 1.82) is 0 Å². The Labute approximate surface area is 164 Å². The number of rotatable bonds is 4. The Balaban J connectivity index is 1.75. The molecule has 2 aromatic carbocycles. The van der Waals surface area contributed by atoms with Gasteiger partial charge in [-0.2, -0.15) is 5.10 Å². The molecule has 0 aliphatic carbocycles. The van der Waals surface area contributed by atoms with E-state index in [1.165, 1.54) is 0 Å². The van der Waals surface area contributed by atoms with E-state index in [1.807, 2.05) is 51.1 Å². The zero-order chi connectivity index (χ0) is 20.3. The number of carbonyl (C=O) groups is 2. The first-order valence-electron chi connectivity index (χ1n) is 9.06. The Morgan fingerprint density at radius 1 is 0.857 bits per heavy atom. The van der Waals surface area contributed by atoms with Gasteiger partial charge < -0.3 is 10.6 Å². The molecule has 0 saturated heterocycles. The Morgan fingerprint density at radius 3 is 2.14 bits per heavy atom. The van der Waals surface area contributed by atoms with Crippen LogP contribution in [-0.2, 0) is 12.5 Å². The molecule has 0 unspecified atom stereocenters. The maximum atomic E-state index is 12.7. The van der Waals surface area contributed by atoms with Crippen molar-refractivity contribution < 1.29 is 9.59 Å². The van der Waals surface area contributed by atoms with Crippen LogP contribution >= 0.6 is 0 Å². The van der Waals surface area contributed by atoms with Gasteiger partial charge in [0.1, 0.15) is 5.69 Å². The van der Waals surface area contributed by atoms with E-state index in [-0.39, 0.29) is 17.2 Å². The van der Waals surface area contributed by atoms with Crippen LogP contribution in [0.25, 0.3) is 0 Å². The third kappa shape index (κ3) is 4.46. The molecular weight excluding hydrogens is 352 g/mol. The zero-order valence-electron chi connectivity index (χ0n) is 16.5. The molecule has 1 aromatic heterocycles. The molecule has 3 aromatic rings. The van der Waals surface area contributed by atoms with Crippen LogP contribution in [-0.4, -0.2) is 21.6 Å². The minimum absolute atomic E-state index is 0.147. The summed E-state index contributed by atoms with van der Waals surface area (Å²) >= 11 is 0. The molecule has 0 spiro atoms. The Hall–Kier alpha value is -3.41. The first-order chi connectivity index (χ1) is 13.2. The standard InChI is InChI=1S/C22H24N4O2/c1-22(2,3)19-14-18(26(4)25-19)21(28)24-17-12-8-9-15(13-17)20(27)23-16-10-6-5-7-11-16/h5-14H,1-4H3,(H,23,27)(H,24,28). The molecule has 0 aliphatic heterocycles. The summed E-state index contributed by atoms with van der Waals surface area (Å²) in [5.41, 5.74) is 2.88. The first kappa shape index (κ1) is 19.4. The number of amides is 2. The third-order valence-corrected chi connectivity index (χ3v) is 4.30. The highest BCUT2D eigenvalue weighted by atomic mass is 16.2.